The van der Waals surface area contributed by atoms with E-state index in [2.05, 4.69) is 0 Å². The van der Waals surface area contributed by atoms with Crippen LogP contribution in [0.15, 0.2) is 24.3 Å². The van der Waals surface area contributed by atoms with Gasteiger partial charge < -0.3 is 14.7 Å². The minimum atomic E-state index is -1.01. The van der Waals surface area contributed by atoms with Gasteiger partial charge in [0.1, 0.15) is 6.04 Å². The highest BCUT2D eigenvalue weighted by Gasteiger charge is 2.43. The molecule has 1 aliphatic heterocycles. The number of carboxylic acid groups (broad SMARTS) is 1. The first-order valence-electron chi connectivity index (χ1n) is 9.70. The standard InChI is InChI=1S/C21H28ClNO5/c1-4-28-21(27)18(11-13(2)3)23-17(14-5-8-16(22)9-6-14)10-7-15(20(23)26)12-19(24)25/h5-6,8-9,13,15,17-18H,4,7,10-12H2,1-3H3,(H,24,25)/t15?,17-,18?/m0/s1. The van der Waals surface area contributed by atoms with E-state index in [-0.39, 0.29) is 30.9 Å². The van der Waals surface area contributed by atoms with Crippen LogP contribution in [0.4, 0.5) is 0 Å². The van der Waals surface area contributed by atoms with Gasteiger partial charge in [0, 0.05) is 10.9 Å². The summed E-state index contributed by atoms with van der Waals surface area (Å²) in [5, 5.41) is 9.77. The molecule has 0 bridgehead atoms. The molecule has 0 radical (unpaired) electrons. The Kier molecular flexibility index (Phi) is 7.87. The lowest BCUT2D eigenvalue weighted by Gasteiger charge is -2.43. The van der Waals surface area contributed by atoms with Crippen molar-refractivity contribution in [3.05, 3.63) is 34.9 Å². The summed E-state index contributed by atoms with van der Waals surface area (Å²) in [7, 11) is 0. The quantitative estimate of drug-likeness (QED) is 0.654. The first-order valence-corrected chi connectivity index (χ1v) is 10.1. The lowest BCUT2D eigenvalue weighted by Crippen LogP contribution is -2.53. The molecule has 3 atom stereocenters. The van der Waals surface area contributed by atoms with Gasteiger partial charge >= 0.3 is 11.9 Å². The summed E-state index contributed by atoms with van der Waals surface area (Å²) in [4.78, 5) is 38.8. The summed E-state index contributed by atoms with van der Waals surface area (Å²) in [5.41, 5.74) is 0.879. The maximum Gasteiger partial charge on any atom is 0.328 e. The number of hydrogen-bond acceptors (Lipinski definition) is 4. The molecule has 0 aromatic heterocycles. The number of carbonyl (C=O) groups excluding carboxylic acids is 2. The van der Waals surface area contributed by atoms with Gasteiger partial charge in [0.2, 0.25) is 5.91 Å². The Morgan fingerprint density at radius 3 is 2.43 bits per heavy atom. The number of ether oxygens (including phenoxy) is 1. The van der Waals surface area contributed by atoms with E-state index in [0.29, 0.717) is 24.3 Å². The van der Waals surface area contributed by atoms with Crippen LogP contribution in [0.25, 0.3) is 0 Å². The normalized spacial score (nSPS) is 20.9. The second-order valence-electron chi connectivity index (χ2n) is 7.58. The van der Waals surface area contributed by atoms with Gasteiger partial charge in [0.25, 0.3) is 0 Å². The Bertz CT molecular complexity index is 703. The van der Waals surface area contributed by atoms with Crippen molar-refractivity contribution < 1.29 is 24.2 Å². The zero-order chi connectivity index (χ0) is 20.8. The molecule has 2 unspecified atom stereocenters. The van der Waals surface area contributed by atoms with Crippen molar-refractivity contribution >= 4 is 29.4 Å². The lowest BCUT2D eigenvalue weighted by atomic mass is 9.84. The molecule has 7 heteroatoms. The number of esters is 1. The van der Waals surface area contributed by atoms with Crippen LogP contribution < -0.4 is 0 Å². The van der Waals surface area contributed by atoms with E-state index in [0.717, 1.165) is 5.56 Å². The highest BCUT2D eigenvalue weighted by atomic mass is 35.5. The molecule has 1 aromatic rings. The third-order valence-corrected chi connectivity index (χ3v) is 5.24. The number of likely N-dealkylation sites (tertiary alicyclic amines) is 1. The molecule has 0 saturated carbocycles. The third-order valence-electron chi connectivity index (χ3n) is 4.99. The largest absolute Gasteiger partial charge is 0.481 e. The zero-order valence-electron chi connectivity index (χ0n) is 16.6. The number of rotatable bonds is 8. The molecule has 1 saturated heterocycles. The maximum atomic E-state index is 13.3. The second-order valence-corrected chi connectivity index (χ2v) is 8.02. The van der Waals surface area contributed by atoms with E-state index in [9.17, 15) is 19.5 Å². The van der Waals surface area contributed by atoms with Crippen LogP contribution in [-0.2, 0) is 19.1 Å². The zero-order valence-corrected chi connectivity index (χ0v) is 17.3. The number of piperidine rings is 1. The molecule has 1 heterocycles. The number of benzene rings is 1. The summed E-state index contributed by atoms with van der Waals surface area (Å²) in [6.07, 6.45) is 1.26. The van der Waals surface area contributed by atoms with Crippen molar-refractivity contribution in [2.45, 2.75) is 58.5 Å². The monoisotopic (exact) mass is 409 g/mol. The van der Waals surface area contributed by atoms with Gasteiger partial charge in [-0.1, -0.05) is 37.6 Å². The first kappa shape index (κ1) is 22.2. The highest BCUT2D eigenvalue weighted by Crippen LogP contribution is 2.38. The summed E-state index contributed by atoms with van der Waals surface area (Å²) >= 11 is 6.00. The SMILES string of the molecule is CCOC(=O)C(CC(C)C)N1C(=O)C(CC(=O)O)CC[C@H]1c1ccc(Cl)cc1. The van der Waals surface area contributed by atoms with E-state index in [1.807, 2.05) is 26.0 Å². The fourth-order valence-electron chi connectivity index (χ4n) is 3.78. The molecule has 1 N–H and O–H groups in total. The molecule has 1 aliphatic rings. The second kappa shape index (κ2) is 9.92. The minimum absolute atomic E-state index is 0.160. The smallest absolute Gasteiger partial charge is 0.328 e. The van der Waals surface area contributed by atoms with Gasteiger partial charge in [-0.25, -0.2) is 4.79 Å². The molecule has 1 aromatic carbocycles. The predicted molar refractivity (Wildman–Crippen MR) is 106 cm³/mol. The molecule has 0 aliphatic carbocycles. The van der Waals surface area contributed by atoms with E-state index >= 15 is 0 Å². The molecule has 6 nitrogen and oxygen atoms in total. The van der Waals surface area contributed by atoms with Gasteiger partial charge in [-0.05, 0) is 49.8 Å². The lowest BCUT2D eigenvalue weighted by molar-refractivity contribution is -0.163. The van der Waals surface area contributed by atoms with Crippen LogP contribution >= 0.6 is 11.6 Å². The number of carbonyl (C=O) groups is 3. The van der Waals surface area contributed by atoms with Gasteiger partial charge in [0.15, 0.2) is 0 Å². The fourth-order valence-corrected chi connectivity index (χ4v) is 3.90. The van der Waals surface area contributed by atoms with Crippen LogP contribution in [0.3, 0.4) is 0 Å². The molecule has 0 spiro atoms. The van der Waals surface area contributed by atoms with Gasteiger partial charge in [0.05, 0.1) is 19.1 Å². The van der Waals surface area contributed by atoms with E-state index in [1.165, 1.54) is 0 Å². The fraction of sp³-hybridized carbons (Fsp3) is 0.571. The number of halogens is 1. The summed E-state index contributed by atoms with van der Waals surface area (Å²) in [6, 6.07) is 6.15. The van der Waals surface area contributed by atoms with Crippen molar-refractivity contribution in [1.82, 2.24) is 4.90 Å². The predicted octanol–water partition coefficient (Wildman–Crippen LogP) is 4.07. The molecule has 1 fully saturated rings. The molecule has 1 amide bonds. The Balaban J connectivity index is 2.44. The molecule has 2 rings (SSSR count). The Labute approximate surface area is 170 Å². The number of aliphatic carboxylic acids is 1. The van der Waals surface area contributed by atoms with Gasteiger partial charge in [-0.15, -0.1) is 0 Å². The van der Waals surface area contributed by atoms with Crippen molar-refractivity contribution in [3.63, 3.8) is 0 Å². The Morgan fingerprint density at radius 1 is 1.25 bits per heavy atom. The number of carboxylic acids is 1. The van der Waals surface area contributed by atoms with Crippen molar-refractivity contribution in [3.8, 4) is 0 Å². The minimum Gasteiger partial charge on any atom is -0.481 e. The van der Waals surface area contributed by atoms with E-state index in [4.69, 9.17) is 16.3 Å². The van der Waals surface area contributed by atoms with Gasteiger partial charge in [-0.3, -0.25) is 9.59 Å². The summed E-state index contributed by atoms with van der Waals surface area (Å²) in [5.74, 6) is -2.23. The van der Waals surface area contributed by atoms with Crippen LogP contribution in [0, 0.1) is 11.8 Å². The number of amides is 1. The summed E-state index contributed by atoms with van der Waals surface area (Å²) < 4.78 is 5.26. The van der Waals surface area contributed by atoms with Crippen molar-refractivity contribution in [2.75, 3.05) is 6.61 Å². The van der Waals surface area contributed by atoms with Gasteiger partial charge in [-0.2, -0.15) is 0 Å². The van der Waals surface area contributed by atoms with Crippen LogP contribution in [0.1, 0.15) is 58.1 Å². The average molecular weight is 410 g/mol. The maximum absolute atomic E-state index is 13.3. The third kappa shape index (κ3) is 5.47. The number of hydrogen-bond donors (Lipinski definition) is 1. The topological polar surface area (TPSA) is 83.9 Å². The molecule has 154 valence electrons. The number of nitrogens with zero attached hydrogens (tertiary/aromatic N) is 1. The van der Waals surface area contributed by atoms with Crippen molar-refractivity contribution in [1.29, 1.82) is 0 Å². The average Bonchev–Trinajstić information content (AvgIpc) is 2.62. The van der Waals surface area contributed by atoms with E-state index < -0.39 is 23.9 Å². The molecular weight excluding hydrogens is 382 g/mol. The van der Waals surface area contributed by atoms with Crippen molar-refractivity contribution in [2.24, 2.45) is 11.8 Å². The molecule has 28 heavy (non-hydrogen) atoms. The van der Waals surface area contributed by atoms with Crippen LogP contribution in [-0.4, -0.2) is 40.5 Å². The first-order chi connectivity index (χ1) is 13.2. The Hall–Kier alpha value is -2.08. The summed E-state index contributed by atoms with van der Waals surface area (Å²) in [6.45, 7) is 5.91. The Morgan fingerprint density at radius 2 is 1.89 bits per heavy atom. The van der Waals surface area contributed by atoms with E-state index in [1.54, 1.807) is 24.0 Å². The molecular formula is C21H28ClNO5. The van der Waals surface area contributed by atoms with Crippen LogP contribution in [0.2, 0.25) is 5.02 Å². The highest BCUT2D eigenvalue weighted by molar-refractivity contribution is 6.30. The van der Waals surface area contributed by atoms with Crippen LogP contribution in [0.5, 0.6) is 0 Å².